The Kier molecular flexibility index (Phi) is 4.60. The van der Waals surface area contributed by atoms with Gasteiger partial charge in [-0.25, -0.2) is 0 Å². The molecular weight excluding hydrogens is 264 g/mol. The number of ether oxygens (including phenoxy) is 1. The standard InChI is InChI=1S/C17H32N2O2/c1-12(2)19-9-14-5-4-6-15(10-19)16(14)18-11-17(20)7-8-21-13(17)3/h12-16,18,20H,4-11H2,1-3H3. The van der Waals surface area contributed by atoms with Crippen LogP contribution in [0.4, 0.5) is 0 Å². The number of nitrogens with zero attached hydrogens (tertiary/aromatic N) is 1. The minimum absolute atomic E-state index is 0.0411. The fourth-order valence-corrected chi connectivity index (χ4v) is 4.53. The van der Waals surface area contributed by atoms with Crippen molar-refractivity contribution in [2.45, 2.75) is 70.2 Å². The van der Waals surface area contributed by atoms with Crippen molar-refractivity contribution in [1.82, 2.24) is 10.2 Å². The predicted octanol–water partition coefficient (Wildman–Crippen LogP) is 1.62. The van der Waals surface area contributed by atoms with Crippen LogP contribution in [0.3, 0.4) is 0 Å². The van der Waals surface area contributed by atoms with Gasteiger partial charge in [0.25, 0.3) is 0 Å². The Hall–Kier alpha value is -0.160. The molecule has 2 bridgehead atoms. The van der Waals surface area contributed by atoms with Crippen LogP contribution in [-0.4, -0.2) is 60.0 Å². The van der Waals surface area contributed by atoms with Crippen molar-refractivity contribution in [3.63, 3.8) is 0 Å². The van der Waals surface area contributed by atoms with Gasteiger partial charge in [-0.3, -0.25) is 0 Å². The van der Waals surface area contributed by atoms with Crippen LogP contribution in [0, 0.1) is 11.8 Å². The van der Waals surface area contributed by atoms with Crippen molar-refractivity contribution in [3.8, 4) is 0 Å². The third-order valence-corrected chi connectivity index (χ3v) is 6.14. The summed E-state index contributed by atoms with van der Waals surface area (Å²) >= 11 is 0. The minimum atomic E-state index is -0.663. The van der Waals surface area contributed by atoms with Crippen LogP contribution in [0.25, 0.3) is 0 Å². The van der Waals surface area contributed by atoms with E-state index in [1.54, 1.807) is 0 Å². The predicted molar refractivity (Wildman–Crippen MR) is 84.3 cm³/mol. The molecule has 3 fully saturated rings. The van der Waals surface area contributed by atoms with Gasteiger partial charge in [-0.15, -0.1) is 0 Å². The molecule has 1 saturated carbocycles. The average molecular weight is 296 g/mol. The van der Waals surface area contributed by atoms with Gasteiger partial charge in [-0.05, 0) is 45.4 Å². The molecule has 2 aliphatic heterocycles. The van der Waals surface area contributed by atoms with E-state index >= 15 is 0 Å². The molecule has 3 aliphatic rings. The van der Waals surface area contributed by atoms with E-state index in [1.807, 2.05) is 6.92 Å². The quantitative estimate of drug-likeness (QED) is 0.827. The van der Waals surface area contributed by atoms with E-state index < -0.39 is 5.60 Å². The molecular formula is C17H32N2O2. The fourth-order valence-electron chi connectivity index (χ4n) is 4.53. The number of hydrogen-bond acceptors (Lipinski definition) is 4. The lowest BCUT2D eigenvalue weighted by Gasteiger charge is -2.49. The molecule has 0 aromatic rings. The highest BCUT2D eigenvalue weighted by atomic mass is 16.5. The molecule has 4 heteroatoms. The second-order valence-electron chi connectivity index (χ2n) is 7.77. The number of aliphatic hydroxyl groups is 1. The molecule has 0 amide bonds. The molecule has 2 heterocycles. The summed E-state index contributed by atoms with van der Waals surface area (Å²) in [6.07, 6.45) is 4.77. The largest absolute Gasteiger partial charge is 0.386 e. The summed E-state index contributed by atoms with van der Waals surface area (Å²) in [7, 11) is 0. The van der Waals surface area contributed by atoms with Crippen molar-refractivity contribution in [2.75, 3.05) is 26.2 Å². The first-order valence-corrected chi connectivity index (χ1v) is 8.81. The van der Waals surface area contributed by atoms with Gasteiger partial charge in [0.1, 0.15) is 5.60 Å². The summed E-state index contributed by atoms with van der Waals surface area (Å²) in [4.78, 5) is 2.64. The van der Waals surface area contributed by atoms with Crippen LogP contribution in [0.1, 0.15) is 46.5 Å². The van der Waals surface area contributed by atoms with Crippen LogP contribution in [0.5, 0.6) is 0 Å². The Morgan fingerprint density at radius 3 is 2.48 bits per heavy atom. The van der Waals surface area contributed by atoms with Gasteiger partial charge in [0.15, 0.2) is 0 Å². The third-order valence-electron chi connectivity index (χ3n) is 6.14. The Balaban J connectivity index is 1.60. The number of nitrogens with one attached hydrogen (secondary N) is 1. The first kappa shape index (κ1) is 15.7. The van der Waals surface area contributed by atoms with Crippen molar-refractivity contribution in [2.24, 2.45) is 11.8 Å². The number of hydrogen-bond donors (Lipinski definition) is 2. The van der Waals surface area contributed by atoms with Crippen LogP contribution >= 0.6 is 0 Å². The Bertz CT molecular complexity index is 349. The van der Waals surface area contributed by atoms with Gasteiger partial charge >= 0.3 is 0 Å². The van der Waals surface area contributed by atoms with Gasteiger partial charge in [0, 0.05) is 44.7 Å². The molecule has 4 atom stereocenters. The molecule has 122 valence electrons. The Labute approximate surface area is 129 Å². The highest BCUT2D eigenvalue weighted by Gasteiger charge is 2.43. The Morgan fingerprint density at radius 2 is 1.95 bits per heavy atom. The van der Waals surface area contributed by atoms with E-state index in [9.17, 15) is 5.11 Å². The second kappa shape index (κ2) is 6.15. The lowest BCUT2D eigenvalue weighted by atomic mass is 9.73. The topological polar surface area (TPSA) is 44.7 Å². The SMILES string of the molecule is CC(C)N1CC2CCCC(C1)C2NCC1(O)CCOC1C. The van der Waals surface area contributed by atoms with E-state index in [0.717, 1.165) is 18.3 Å². The first-order chi connectivity index (χ1) is 9.99. The van der Waals surface area contributed by atoms with Crippen LogP contribution in [-0.2, 0) is 4.74 Å². The normalized spacial score (nSPS) is 44.4. The van der Waals surface area contributed by atoms with Gasteiger partial charge in [0.05, 0.1) is 6.10 Å². The number of piperidine rings is 1. The van der Waals surface area contributed by atoms with Gasteiger partial charge in [-0.1, -0.05) is 6.42 Å². The van der Waals surface area contributed by atoms with E-state index in [2.05, 4.69) is 24.1 Å². The van der Waals surface area contributed by atoms with Crippen LogP contribution in [0.2, 0.25) is 0 Å². The molecule has 2 saturated heterocycles. The van der Waals surface area contributed by atoms with E-state index in [4.69, 9.17) is 4.74 Å². The molecule has 0 radical (unpaired) electrons. The molecule has 4 unspecified atom stereocenters. The van der Waals surface area contributed by atoms with Gasteiger partial charge < -0.3 is 20.1 Å². The lowest BCUT2D eigenvalue weighted by molar-refractivity contribution is -0.0381. The Morgan fingerprint density at radius 1 is 1.29 bits per heavy atom. The summed E-state index contributed by atoms with van der Waals surface area (Å²) in [6, 6.07) is 1.24. The third kappa shape index (κ3) is 3.14. The fraction of sp³-hybridized carbons (Fsp3) is 1.00. The monoisotopic (exact) mass is 296 g/mol. The zero-order chi connectivity index (χ0) is 15.0. The average Bonchev–Trinajstić information content (AvgIpc) is 2.75. The number of fused-ring (bicyclic) bond motifs is 2. The zero-order valence-corrected chi connectivity index (χ0v) is 13.8. The van der Waals surface area contributed by atoms with E-state index in [-0.39, 0.29) is 6.10 Å². The van der Waals surface area contributed by atoms with Crippen molar-refractivity contribution < 1.29 is 9.84 Å². The maximum atomic E-state index is 10.7. The summed E-state index contributed by atoms with van der Waals surface area (Å²) in [5.74, 6) is 1.50. The molecule has 0 spiro atoms. The molecule has 1 aliphatic carbocycles. The van der Waals surface area contributed by atoms with Crippen LogP contribution in [0.15, 0.2) is 0 Å². The molecule has 0 aromatic heterocycles. The first-order valence-electron chi connectivity index (χ1n) is 8.81. The highest BCUT2D eigenvalue weighted by Crippen LogP contribution is 2.36. The highest BCUT2D eigenvalue weighted by molar-refractivity contribution is 4.99. The molecule has 2 N–H and O–H groups in total. The van der Waals surface area contributed by atoms with Crippen LogP contribution < -0.4 is 5.32 Å². The van der Waals surface area contributed by atoms with Crippen molar-refractivity contribution in [3.05, 3.63) is 0 Å². The second-order valence-corrected chi connectivity index (χ2v) is 7.77. The van der Waals surface area contributed by atoms with Crippen molar-refractivity contribution in [1.29, 1.82) is 0 Å². The van der Waals surface area contributed by atoms with E-state index in [1.165, 1.54) is 32.4 Å². The van der Waals surface area contributed by atoms with Gasteiger partial charge in [0.2, 0.25) is 0 Å². The summed E-state index contributed by atoms with van der Waals surface area (Å²) in [6.45, 7) is 10.4. The van der Waals surface area contributed by atoms with E-state index in [0.29, 0.717) is 25.2 Å². The maximum Gasteiger partial charge on any atom is 0.105 e. The molecule has 3 rings (SSSR count). The molecule has 21 heavy (non-hydrogen) atoms. The summed E-state index contributed by atoms with van der Waals surface area (Å²) in [5, 5.41) is 14.4. The van der Waals surface area contributed by atoms with Crippen molar-refractivity contribution >= 4 is 0 Å². The summed E-state index contributed by atoms with van der Waals surface area (Å²) < 4.78 is 5.55. The number of rotatable bonds is 4. The minimum Gasteiger partial charge on any atom is -0.386 e. The molecule has 4 nitrogen and oxygen atoms in total. The maximum absolute atomic E-state index is 10.7. The van der Waals surface area contributed by atoms with Gasteiger partial charge in [-0.2, -0.15) is 0 Å². The lowest BCUT2D eigenvalue weighted by Crippen LogP contribution is -2.60. The zero-order valence-electron chi connectivity index (χ0n) is 13.8. The number of likely N-dealkylation sites (tertiary alicyclic amines) is 1. The molecule has 0 aromatic carbocycles. The summed E-state index contributed by atoms with van der Waals surface area (Å²) in [5.41, 5.74) is -0.663. The smallest absolute Gasteiger partial charge is 0.105 e.